The van der Waals surface area contributed by atoms with Crippen LogP contribution in [0.25, 0.3) is 0 Å². The molecule has 2 N–H and O–H groups in total. The van der Waals surface area contributed by atoms with Gasteiger partial charge in [-0.2, -0.15) is 4.98 Å². The van der Waals surface area contributed by atoms with E-state index in [2.05, 4.69) is 22.0 Å². The number of halogens is 2. The lowest BCUT2D eigenvalue weighted by Gasteiger charge is -2.50. The number of nitrogens with zero attached hydrogens (tertiary/aromatic N) is 4. The second-order valence-electron chi connectivity index (χ2n) is 10.8. The standard InChI is InChI=1S/C27H35Cl2N5O2/c1-15-16(2)31-27(32-25(15)30-17(3)23-7-6-21(28)11-24(23)29)34-13-20(14-34)18-5-4-8-33(12-18)22-9-19(10-22)26(35)36/h6-7,11,17-20,22H,4-5,8-10,12-14H2,1-3H3,(H,35,36)(H,30,31,32)/t17-,18+,19?,22?/m1/s1. The maximum atomic E-state index is 11.2. The van der Waals surface area contributed by atoms with E-state index in [1.807, 2.05) is 26.0 Å². The number of piperidine rings is 1. The molecule has 2 atom stereocenters. The number of hydrogen-bond donors (Lipinski definition) is 2. The number of hydrogen-bond acceptors (Lipinski definition) is 6. The number of rotatable bonds is 7. The summed E-state index contributed by atoms with van der Waals surface area (Å²) in [6.45, 7) is 10.3. The third-order valence-corrected chi connectivity index (χ3v) is 9.05. The van der Waals surface area contributed by atoms with Crippen LogP contribution in [0.3, 0.4) is 0 Å². The molecule has 1 aromatic carbocycles. The summed E-state index contributed by atoms with van der Waals surface area (Å²) < 4.78 is 0. The van der Waals surface area contributed by atoms with Crippen LogP contribution in [-0.4, -0.2) is 58.2 Å². The fourth-order valence-corrected chi connectivity index (χ4v) is 6.42. The molecular formula is C27H35Cl2N5O2. The lowest BCUT2D eigenvalue weighted by atomic mass is 9.76. The molecule has 194 valence electrons. The van der Waals surface area contributed by atoms with Gasteiger partial charge >= 0.3 is 5.97 Å². The van der Waals surface area contributed by atoms with Crippen molar-refractivity contribution in [2.75, 3.05) is 36.4 Å². The highest BCUT2D eigenvalue weighted by atomic mass is 35.5. The van der Waals surface area contributed by atoms with Crippen LogP contribution >= 0.6 is 23.2 Å². The maximum Gasteiger partial charge on any atom is 0.306 e. The SMILES string of the molecule is Cc1nc(N2CC([C@H]3CCCN(C4CC(C(=O)O)C4)C3)C2)nc(N[C@H](C)c2ccc(Cl)cc2Cl)c1C. The van der Waals surface area contributed by atoms with E-state index < -0.39 is 5.97 Å². The molecule has 0 unspecified atom stereocenters. The van der Waals surface area contributed by atoms with E-state index >= 15 is 0 Å². The van der Waals surface area contributed by atoms with Crippen molar-refractivity contribution in [1.29, 1.82) is 0 Å². The molecule has 2 aliphatic heterocycles. The molecule has 1 aromatic heterocycles. The summed E-state index contributed by atoms with van der Waals surface area (Å²) in [6.07, 6.45) is 4.08. The molecule has 1 saturated carbocycles. The van der Waals surface area contributed by atoms with Gasteiger partial charge in [0.2, 0.25) is 5.95 Å². The highest BCUT2D eigenvalue weighted by Crippen LogP contribution is 2.38. The Balaban J connectivity index is 1.20. The summed E-state index contributed by atoms with van der Waals surface area (Å²) in [6, 6.07) is 6.00. The largest absolute Gasteiger partial charge is 0.481 e. The van der Waals surface area contributed by atoms with Crippen molar-refractivity contribution in [2.24, 2.45) is 17.8 Å². The number of carboxylic acids is 1. The Bertz CT molecular complexity index is 1130. The number of nitrogens with one attached hydrogen (secondary N) is 1. The molecule has 1 aliphatic carbocycles. The van der Waals surface area contributed by atoms with Gasteiger partial charge in [-0.3, -0.25) is 4.79 Å². The van der Waals surface area contributed by atoms with Gasteiger partial charge in [-0.05, 0) is 82.5 Å². The maximum absolute atomic E-state index is 11.2. The third kappa shape index (κ3) is 5.15. The van der Waals surface area contributed by atoms with Gasteiger partial charge in [-0.15, -0.1) is 0 Å². The number of anilines is 2. The van der Waals surface area contributed by atoms with E-state index in [9.17, 15) is 9.90 Å². The van der Waals surface area contributed by atoms with Crippen molar-refractivity contribution in [1.82, 2.24) is 14.9 Å². The van der Waals surface area contributed by atoms with E-state index in [-0.39, 0.29) is 12.0 Å². The van der Waals surface area contributed by atoms with Crippen molar-refractivity contribution in [3.63, 3.8) is 0 Å². The van der Waals surface area contributed by atoms with Crippen molar-refractivity contribution < 1.29 is 9.90 Å². The van der Waals surface area contributed by atoms with Crippen LogP contribution in [0.15, 0.2) is 18.2 Å². The zero-order chi connectivity index (χ0) is 25.6. The van der Waals surface area contributed by atoms with Crippen LogP contribution < -0.4 is 10.2 Å². The average molecular weight is 533 g/mol. The molecule has 3 aliphatic rings. The van der Waals surface area contributed by atoms with Crippen LogP contribution in [0, 0.1) is 31.6 Å². The first kappa shape index (κ1) is 25.6. The van der Waals surface area contributed by atoms with Gasteiger partial charge in [0.25, 0.3) is 0 Å². The highest BCUT2D eigenvalue weighted by Gasteiger charge is 2.42. The number of likely N-dealkylation sites (tertiary alicyclic amines) is 1. The van der Waals surface area contributed by atoms with E-state index in [0.29, 0.717) is 27.9 Å². The number of benzene rings is 1. The molecule has 5 rings (SSSR count). The van der Waals surface area contributed by atoms with Gasteiger partial charge in [-0.25, -0.2) is 4.98 Å². The van der Waals surface area contributed by atoms with E-state index in [4.69, 9.17) is 33.2 Å². The van der Waals surface area contributed by atoms with Crippen molar-refractivity contribution in [2.45, 2.75) is 58.5 Å². The number of carbonyl (C=O) groups is 1. The smallest absolute Gasteiger partial charge is 0.306 e. The molecule has 7 nitrogen and oxygen atoms in total. The van der Waals surface area contributed by atoms with Crippen LogP contribution in [0.4, 0.5) is 11.8 Å². The Labute approximate surface area is 223 Å². The lowest BCUT2D eigenvalue weighted by molar-refractivity contribution is -0.147. The van der Waals surface area contributed by atoms with Gasteiger partial charge < -0.3 is 20.2 Å². The molecule has 0 spiro atoms. The number of aliphatic carboxylic acids is 1. The fourth-order valence-electron chi connectivity index (χ4n) is 5.85. The summed E-state index contributed by atoms with van der Waals surface area (Å²) in [5.41, 5.74) is 2.99. The second-order valence-corrected chi connectivity index (χ2v) is 11.7. The van der Waals surface area contributed by atoms with Gasteiger partial charge in [-0.1, -0.05) is 29.3 Å². The summed E-state index contributed by atoms with van der Waals surface area (Å²) in [4.78, 5) is 25.7. The number of aryl methyl sites for hydroxylation is 1. The molecule has 2 aromatic rings. The second kappa shape index (κ2) is 10.3. The van der Waals surface area contributed by atoms with Crippen molar-refractivity contribution in [3.8, 4) is 0 Å². The molecule has 2 saturated heterocycles. The van der Waals surface area contributed by atoms with Gasteiger partial charge in [0.1, 0.15) is 5.82 Å². The quantitative estimate of drug-likeness (QED) is 0.482. The van der Waals surface area contributed by atoms with Crippen LogP contribution in [-0.2, 0) is 4.79 Å². The molecular weight excluding hydrogens is 497 g/mol. The summed E-state index contributed by atoms with van der Waals surface area (Å²) in [5, 5.41) is 14.0. The predicted molar refractivity (Wildman–Crippen MR) is 144 cm³/mol. The van der Waals surface area contributed by atoms with Crippen molar-refractivity contribution in [3.05, 3.63) is 45.1 Å². The first-order valence-corrected chi connectivity index (χ1v) is 13.7. The lowest BCUT2D eigenvalue weighted by Crippen LogP contribution is -2.57. The normalized spacial score (nSPS) is 25.7. The van der Waals surface area contributed by atoms with E-state index in [1.165, 1.54) is 12.8 Å². The first-order valence-electron chi connectivity index (χ1n) is 13.0. The molecule has 0 bridgehead atoms. The molecule has 0 radical (unpaired) electrons. The number of aromatic nitrogens is 2. The van der Waals surface area contributed by atoms with E-state index in [1.54, 1.807) is 6.07 Å². The fraction of sp³-hybridized carbons (Fsp3) is 0.593. The minimum Gasteiger partial charge on any atom is -0.481 e. The molecule has 0 amide bonds. The Kier molecular flexibility index (Phi) is 7.34. The Morgan fingerprint density at radius 2 is 1.89 bits per heavy atom. The minimum absolute atomic E-state index is 0.0276. The van der Waals surface area contributed by atoms with E-state index in [0.717, 1.165) is 67.6 Å². The molecule has 36 heavy (non-hydrogen) atoms. The predicted octanol–water partition coefficient (Wildman–Crippen LogP) is 5.58. The van der Waals surface area contributed by atoms with Crippen LogP contribution in [0.2, 0.25) is 10.0 Å². The third-order valence-electron chi connectivity index (χ3n) is 8.49. The molecule has 3 heterocycles. The molecule has 3 fully saturated rings. The monoisotopic (exact) mass is 531 g/mol. The van der Waals surface area contributed by atoms with Crippen LogP contribution in [0.5, 0.6) is 0 Å². The zero-order valence-electron chi connectivity index (χ0n) is 21.2. The molecule has 9 heteroatoms. The summed E-state index contributed by atoms with van der Waals surface area (Å²) in [7, 11) is 0. The van der Waals surface area contributed by atoms with Crippen LogP contribution in [0.1, 0.15) is 55.5 Å². The van der Waals surface area contributed by atoms with Crippen molar-refractivity contribution >= 4 is 40.9 Å². The summed E-state index contributed by atoms with van der Waals surface area (Å²) in [5.74, 6) is 2.13. The Morgan fingerprint density at radius 3 is 2.58 bits per heavy atom. The summed E-state index contributed by atoms with van der Waals surface area (Å²) >= 11 is 12.5. The van der Waals surface area contributed by atoms with Gasteiger partial charge in [0.05, 0.1) is 12.0 Å². The number of carboxylic acid groups (broad SMARTS) is 1. The Hall–Kier alpha value is -2.09. The Morgan fingerprint density at radius 1 is 1.14 bits per heavy atom. The minimum atomic E-state index is -0.637. The highest BCUT2D eigenvalue weighted by molar-refractivity contribution is 6.35. The average Bonchev–Trinajstić information content (AvgIpc) is 2.75. The van der Waals surface area contributed by atoms with Gasteiger partial charge in [0.15, 0.2) is 0 Å². The zero-order valence-corrected chi connectivity index (χ0v) is 22.7. The topological polar surface area (TPSA) is 81.6 Å². The van der Waals surface area contributed by atoms with Gasteiger partial charge in [0, 0.05) is 47.0 Å². The first-order chi connectivity index (χ1) is 17.2.